The van der Waals surface area contributed by atoms with Crippen molar-refractivity contribution in [1.82, 2.24) is 15.1 Å². The predicted molar refractivity (Wildman–Crippen MR) is 70.0 cm³/mol. The number of aromatic nitrogens is 2. The molecule has 0 spiro atoms. The molecule has 1 aliphatic carbocycles. The third-order valence-corrected chi connectivity index (χ3v) is 3.29. The van der Waals surface area contributed by atoms with Gasteiger partial charge < -0.3 is 10.1 Å². The fourth-order valence-electron chi connectivity index (χ4n) is 1.90. The van der Waals surface area contributed by atoms with Gasteiger partial charge in [0.2, 0.25) is 0 Å². The molecule has 6 heteroatoms. The lowest BCUT2D eigenvalue weighted by molar-refractivity contribution is 0.0927. The Balaban J connectivity index is 2.06. The Morgan fingerprint density at radius 2 is 2.32 bits per heavy atom. The van der Waals surface area contributed by atoms with E-state index in [1.165, 1.54) is 29.7 Å². The highest BCUT2D eigenvalue weighted by Gasteiger charge is 2.29. The van der Waals surface area contributed by atoms with Gasteiger partial charge in [-0.05, 0) is 31.7 Å². The van der Waals surface area contributed by atoms with Gasteiger partial charge in [0.05, 0.1) is 13.2 Å². The molecular weight excluding hydrogens is 246 g/mol. The zero-order chi connectivity index (χ0) is 13.8. The summed E-state index contributed by atoms with van der Waals surface area (Å²) >= 11 is 0. The van der Waals surface area contributed by atoms with Gasteiger partial charge in [-0.25, -0.2) is 4.68 Å². The lowest BCUT2D eigenvalue weighted by Gasteiger charge is -2.12. The Hall–Kier alpha value is -1.69. The topological polar surface area (TPSA) is 73.2 Å². The van der Waals surface area contributed by atoms with Gasteiger partial charge in [-0.15, -0.1) is 0 Å². The fraction of sp³-hybridized carbons (Fsp3) is 0.615. The molecule has 0 unspecified atom stereocenters. The van der Waals surface area contributed by atoms with Crippen molar-refractivity contribution in [2.24, 2.45) is 5.92 Å². The first-order valence-electron chi connectivity index (χ1n) is 6.50. The second-order valence-electron chi connectivity index (χ2n) is 4.87. The molecular formula is C13H19N3O3. The number of carbonyl (C=O) groups is 1. The van der Waals surface area contributed by atoms with E-state index in [1.807, 2.05) is 6.92 Å². The molecule has 1 heterocycles. The monoisotopic (exact) mass is 265 g/mol. The van der Waals surface area contributed by atoms with Crippen LogP contribution in [0, 0.1) is 5.92 Å². The van der Waals surface area contributed by atoms with Crippen LogP contribution in [0.3, 0.4) is 0 Å². The fourth-order valence-corrected chi connectivity index (χ4v) is 1.90. The number of ether oxygens (including phenoxy) is 1. The van der Waals surface area contributed by atoms with E-state index in [0.717, 1.165) is 0 Å². The van der Waals surface area contributed by atoms with Crippen LogP contribution in [-0.4, -0.2) is 35.4 Å². The van der Waals surface area contributed by atoms with Crippen LogP contribution in [0.1, 0.15) is 30.3 Å². The van der Waals surface area contributed by atoms with Crippen LogP contribution < -0.4 is 10.9 Å². The van der Waals surface area contributed by atoms with Crippen LogP contribution in [0.15, 0.2) is 16.9 Å². The van der Waals surface area contributed by atoms with E-state index >= 15 is 0 Å². The predicted octanol–water partition coefficient (Wildman–Crippen LogP) is 0.418. The van der Waals surface area contributed by atoms with Crippen LogP contribution in [-0.2, 0) is 11.3 Å². The summed E-state index contributed by atoms with van der Waals surface area (Å²) in [5, 5.41) is 6.97. The van der Waals surface area contributed by atoms with Crippen LogP contribution in [0.5, 0.6) is 0 Å². The van der Waals surface area contributed by atoms with E-state index in [0.29, 0.717) is 19.1 Å². The zero-order valence-corrected chi connectivity index (χ0v) is 11.3. The Morgan fingerprint density at radius 3 is 2.95 bits per heavy atom. The first-order valence-corrected chi connectivity index (χ1v) is 6.50. The Kier molecular flexibility index (Phi) is 4.31. The molecule has 1 saturated carbocycles. The van der Waals surface area contributed by atoms with Crippen LogP contribution in [0.25, 0.3) is 0 Å². The largest absolute Gasteiger partial charge is 0.383 e. The number of rotatable bonds is 6. The van der Waals surface area contributed by atoms with Crippen LogP contribution in [0.2, 0.25) is 0 Å². The second kappa shape index (κ2) is 5.97. The molecule has 0 radical (unpaired) electrons. The van der Waals surface area contributed by atoms with Crippen LogP contribution in [0.4, 0.5) is 0 Å². The van der Waals surface area contributed by atoms with Gasteiger partial charge in [-0.3, -0.25) is 9.59 Å². The first kappa shape index (κ1) is 13.7. The first-order chi connectivity index (χ1) is 9.11. The average Bonchev–Trinajstić information content (AvgIpc) is 3.21. The van der Waals surface area contributed by atoms with Crippen molar-refractivity contribution in [3.63, 3.8) is 0 Å². The summed E-state index contributed by atoms with van der Waals surface area (Å²) in [6.07, 6.45) is 2.34. The third kappa shape index (κ3) is 3.64. The summed E-state index contributed by atoms with van der Waals surface area (Å²) in [7, 11) is 1.55. The summed E-state index contributed by atoms with van der Waals surface area (Å²) in [6.45, 7) is 2.72. The van der Waals surface area contributed by atoms with E-state index in [-0.39, 0.29) is 23.2 Å². The normalized spacial score (nSPS) is 16.1. The van der Waals surface area contributed by atoms with Gasteiger partial charge in [-0.2, -0.15) is 5.10 Å². The summed E-state index contributed by atoms with van der Waals surface area (Å²) < 4.78 is 6.16. The highest BCUT2D eigenvalue weighted by molar-refractivity contribution is 5.92. The molecule has 0 saturated heterocycles. The molecule has 0 aliphatic heterocycles. The minimum absolute atomic E-state index is 0.161. The molecule has 6 nitrogen and oxygen atoms in total. The molecule has 1 amide bonds. The van der Waals surface area contributed by atoms with E-state index in [4.69, 9.17) is 4.74 Å². The lowest BCUT2D eigenvalue weighted by atomic mass is 10.2. The molecule has 1 aliphatic rings. The Bertz CT molecular complexity index is 508. The number of hydrogen-bond donors (Lipinski definition) is 1. The second-order valence-corrected chi connectivity index (χ2v) is 4.87. The van der Waals surface area contributed by atoms with Crippen LogP contribution >= 0.6 is 0 Å². The van der Waals surface area contributed by atoms with Crippen molar-refractivity contribution < 1.29 is 9.53 Å². The average molecular weight is 265 g/mol. The molecule has 1 fully saturated rings. The van der Waals surface area contributed by atoms with Gasteiger partial charge >= 0.3 is 0 Å². The number of nitrogens with zero attached hydrogens (tertiary/aromatic N) is 2. The molecule has 104 valence electrons. The van der Waals surface area contributed by atoms with Crippen molar-refractivity contribution >= 4 is 5.91 Å². The van der Waals surface area contributed by atoms with Crippen molar-refractivity contribution in [3.05, 3.63) is 28.2 Å². The quantitative estimate of drug-likeness (QED) is 0.809. The molecule has 1 aromatic rings. The molecule has 1 atom stereocenters. The lowest BCUT2D eigenvalue weighted by Crippen LogP contribution is -2.36. The minimum Gasteiger partial charge on any atom is -0.383 e. The van der Waals surface area contributed by atoms with Crippen molar-refractivity contribution in [2.75, 3.05) is 13.7 Å². The molecule has 0 bridgehead atoms. The molecule has 1 N–H and O–H groups in total. The molecule has 0 aromatic carbocycles. The maximum atomic E-state index is 12.0. The van der Waals surface area contributed by atoms with Gasteiger partial charge in [0.1, 0.15) is 5.69 Å². The Labute approximate surface area is 111 Å². The number of hydrogen-bond acceptors (Lipinski definition) is 4. The maximum absolute atomic E-state index is 12.0. The number of amides is 1. The maximum Gasteiger partial charge on any atom is 0.271 e. The standard InChI is InChI=1S/C13H19N3O3/c1-9(10-3-4-10)14-13(18)11-5-6-12(17)16(15-11)7-8-19-2/h5-6,9-10H,3-4,7-8H2,1-2H3,(H,14,18)/t9-/m0/s1. The smallest absolute Gasteiger partial charge is 0.271 e. The van der Waals surface area contributed by atoms with E-state index < -0.39 is 0 Å². The summed E-state index contributed by atoms with van der Waals surface area (Å²) in [5.74, 6) is 0.355. The molecule has 19 heavy (non-hydrogen) atoms. The number of methoxy groups -OCH3 is 1. The highest BCUT2D eigenvalue weighted by atomic mass is 16.5. The Morgan fingerprint density at radius 1 is 1.58 bits per heavy atom. The van der Waals surface area contributed by atoms with Gasteiger partial charge in [0.25, 0.3) is 11.5 Å². The van der Waals surface area contributed by atoms with E-state index in [9.17, 15) is 9.59 Å². The van der Waals surface area contributed by atoms with Crippen molar-refractivity contribution in [1.29, 1.82) is 0 Å². The number of carbonyl (C=O) groups excluding carboxylic acids is 1. The highest BCUT2D eigenvalue weighted by Crippen LogP contribution is 2.32. The van der Waals surface area contributed by atoms with E-state index in [1.54, 1.807) is 7.11 Å². The van der Waals surface area contributed by atoms with E-state index in [2.05, 4.69) is 10.4 Å². The molecule has 1 aromatic heterocycles. The SMILES string of the molecule is COCCn1nc(C(=O)N[C@@H](C)C2CC2)ccc1=O. The van der Waals surface area contributed by atoms with Crippen molar-refractivity contribution in [2.45, 2.75) is 32.4 Å². The summed E-state index contributed by atoms with van der Waals surface area (Å²) in [4.78, 5) is 23.6. The minimum atomic E-state index is -0.233. The number of nitrogens with one attached hydrogen (secondary N) is 1. The summed E-state index contributed by atoms with van der Waals surface area (Å²) in [6, 6.07) is 2.98. The van der Waals surface area contributed by atoms with Gasteiger partial charge in [0, 0.05) is 19.2 Å². The molecule has 2 rings (SSSR count). The van der Waals surface area contributed by atoms with Crippen molar-refractivity contribution in [3.8, 4) is 0 Å². The van der Waals surface area contributed by atoms with Gasteiger partial charge in [-0.1, -0.05) is 0 Å². The van der Waals surface area contributed by atoms with Gasteiger partial charge in [0.15, 0.2) is 0 Å². The summed E-state index contributed by atoms with van der Waals surface area (Å²) in [5.41, 5.74) is 0.0343. The third-order valence-electron chi connectivity index (χ3n) is 3.29. The zero-order valence-electron chi connectivity index (χ0n) is 11.3.